The first-order chi connectivity index (χ1) is 7.37. The zero-order valence-corrected chi connectivity index (χ0v) is 8.54. The molecule has 5 nitrogen and oxygen atoms in total. The molecule has 0 unspecified atom stereocenters. The van der Waals surface area contributed by atoms with Crippen molar-refractivity contribution < 1.29 is 28.2 Å². The van der Waals surface area contributed by atoms with Crippen LogP contribution in [0, 0.1) is 0 Å². The molecule has 7 heteroatoms. The number of nitrogens with one attached hydrogen (secondary N) is 1. The van der Waals surface area contributed by atoms with Crippen molar-refractivity contribution in [2.75, 3.05) is 13.2 Å². The Morgan fingerprint density at radius 3 is 2.62 bits per heavy atom. The van der Waals surface area contributed by atoms with Crippen LogP contribution in [0.1, 0.15) is 12.8 Å². The Morgan fingerprint density at radius 1 is 1.50 bits per heavy atom. The summed E-state index contributed by atoms with van der Waals surface area (Å²) in [5.74, 6) is -4.92. The minimum absolute atomic E-state index is 0.0165. The van der Waals surface area contributed by atoms with Gasteiger partial charge in [-0.3, -0.25) is 4.79 Å². The molecule has 0 aliphatic heterocycles. The molecule has 0 bridgehead atoms. The van der Waals surface area contributed by atoms with Gasteiger partial charge in [0.1, 0.15) is 13.0 Å². The van der Waals surface area contributed by atoms with E-state index in [0.717, 1.165) is 0 Å². The van der Waals surface area contributed by atoms with Gasteiger partial charge in [0.05, 0.1) is 0 Å². The molecule has 1 amide bonds. The largest absolute Gasteiger partial charge is 0.481 e. The Bertz CT molecular complexity index is 268. The van der Waals surface area contributed by atoms with Gasteiger partial charge in [-0.15, -0.1) is 0 Å². The molecule has 0 aromatic heterocycles. The maximum Gasteiger partial charge on any atom is 0.407 e. The number of rotatable bonds is 7. The number of alkyl carbamates (subject to hydrolysis) is 1. The number of carboxylic acids is 1. The molecule has 0 heterocycles. The van der Waals surface area contributed by atoms with Crippen LogP contribution < -0.4 is 5.32 Å². The molecule has 0 fully saturated rings. The first-order valence-corrected chi connectivity index (χ1v) is 4.48. The number of carboxylic acid groups (broad SMARTS) is 1. The van der Waals surface area contributed by atoms with Gasteiger partial charge in [-0.1, -0.05) is 12.7 Å². The Labute approximate surface area is 91.1 Å². The van der Waals surface area contributed by atoms with Gasteiger partial charge in [-0.25, -0.2) is 13.6 Å². The van der Waals surface area contributed by atoms with Crippen LogP contribution in [-0.2, 0) is 9.53 Å². The molecule has 0 spiro atoms. The van der Waals surface area contributed by atoms with Crippen LogP contribution in [-0.4, -0.2) is 36.2 Å². The fourth-order valence-corrected chi connectivity index (χ4v) is 0.843. The number of carbonyl (C=O) groups is 2. The van der Waals surface area contributed by atoms with Crippen LogP contribution in [0.4, 0.5) is 13.6 Å². The Balaban J connectivity index is 3.75. The molecular formula is C9H13F2NO4. The van der Waals surface area contributed by atoms with Crippen molar-refractivity contribution in [3.8, 4) is 0 Å². The summed E-state index contributed by atoms with van der Waals surface area (Å²) in [5.41, 5.74) is 0. The number of alkyl halides is 2. The van der Waals surface area contributed by atoms with Gasteiger partial charge < -0.3 is 15.2 Å². The van der Waals surface area contributed by atoms with Crippen molar-refractivity contribution >= 4 is 12.1 Å². The standard InChI is InChI=1S/C9H13F2NO4/c1-2-5-16-8(15)12-4-3-9(10,11)6-7(13)14/h2H,1,3-6H2,(H,12,15)(H,13,14). The highest BCUT2D eigenvalue weighted by atomic mass is 19.3. The summed E-state index contributed by atoms with van der Waals surface area (Å²) in [5, 5.41) is 10.2. The summed E-state index contributed by atoms with van der Waals surface area (Å²) in [6.07, 6.45) is -1.51. The fraction of sp³-hybridized carbons (Fsp3) is 0.556. The molecule has 0 aromatic carbocycles. The lowest BCUT2D eigenvalue weighted by atomic mass is 10.2. The average molecular weight is 237 g/mol. The molecular weight excluding hydrogens is 224 g/mol. The molecule has 0 saturated heterocycles. The predicted octanol–water partition coefficient (Wildman–Crippen LogP) is 1.40. The van der Waals surface area contributed by atoms with E-state index in [-0.39, 0.29) is 13.2 Å². The minimum Gasteiger partial charge on any atom is -0.481 e. The zero-order chi connectivity index (χ0) is 12.6. The Kier molecular flexibility index (Phi) is 6.06. The summed E-state index contributed by atoms with van der Waals surface area (Å²) >= 11 is 0. The zero-order valence-electron chi connectivity index (χ0n) is 8.54. The van der Waals surface area contributed by atoms with E-state index in [4.69, 9.17) is 5.11 Å². The van der Waals surface area contributed by atoms with E-state index in [1.807, 2.05) is 0 Å². The van der Waals surface area contributed by atoms with E-state index in [1.54, 1.807) is 0 Å². The second kappa shape index (κ2) is 6.76. The van der Waals surface area contributed by atoms with Crippen molar-refractivity contribution in [1.29, 1.82) is 0 Å². The van der Waals surface area contributed by atoms with Gasteiger partial charge in [0.2, 0.25) is 0 Å². The summed E-state index contributed by atoms with van der Waals surface area (Å²) < 4.78 is 30.0. The lowest BCUT2D eigenvalue weighted by Crippen LogP contribution is -2.31. The van der Waals surface area contributed by atoms with Crippen LogP contribution in [0.5, 0.6) is 0 Å². The molecule has 0 aromatic rings. The van der Waals surface area contributed by atoms with Gasteiger partial charge in [0.25, 0.3) is 5.92 Å². The quantitative estimate of drug-likeness (QED) is 0.656. The summed E-state index contributed by atoms with van der Waals surface area (Å²) in [6.45, 7) is 2.93. The molecule has 0 atom stereocenters. The average Bonchev–Trinajstić information content (AvgIpc) is 2.12. The van der Waals surface area contributed by atoms with Crippen molar-refractivity contribution in [3.05, 3.63) is 12.7 Å². The number of amides is 1. The third-order valence-corrected chi connectivity index (χ3v) is 1.50. The molecule has 0 aliphatic rings. The van der Waals surface area contributed by atoms with Crippen LogP contribution in [0.15, 0.2) is 12.7 Å². The molecule has 0 radical (unpaired) electrons. The molecule has 92 valence electrons. The fourth-order valence-electron chi connectivity index (χ4n) is 0.843. The Hall–Kier alpha value is -1.66. The molecule has 2 N–H and O–H groups in total. The number of aliphatic carboxylic acids is 1. The van der Waals surface area contributed by atoms with E-state index in [0.29, 0.717) is 0 Å². The predicted molar refractivity (Wildman–Crippen MR) is 51.4 cm³/mol. The summed E-state index contributed by atoms with van der Waals surface area (Å²) in [7, 11) is 0. The lowest BCUT2D eigenvalue weighted by molar-refractivity contribution is -0.145. The van der Waals surface area contributed by atoms with Crippen LogP contribution >= 0.6 is 0 Å². The second-order valence-electron chi connectivity index (χ2n) is 2.99. The van der Waals surface area contributed by atoms with Crippen molar-refractivity contribution in [2.24, 2.45) is 0 Å². The maximum atomic E-state index is 12.8. The maximum absolute atomic E-state index is 12.8. The van der Waals surface area contributed by atoms with E-state index < -0.39 is 30.8 Å². The first kappa shape index (κ1) is 14.3. The minimum atomic E-state index is -3.34. The van der Waals surface area contributed by atoms with Crippen molar-refractivity contribution in [1.82, 2.24) is 5.32 Å². The Morgan fingerprint density at radius 2 is 2.12 bits per heavy atom. The van der Waals surface area contributed by atoms with Crippen LogP contribution in [0.2, 0.25) is 0 Å². The normalized spacial score (nSPS) is 10.6. The van der Waals surface area contributed by atoms with Gasteiger partial charge in [0, 0.05) is 13.0 Å². The van der Waals surface area contributed by atoms with Gasteiger partial charge in [-0.2, -0.15) is 0 Å². The number of hydrogen-bond donors (Lipinski definition) is 2. The van der Waals surface area contributed by atoms with Crippen LogP contribution in [0.25, 0.3) is 0 Å². The number of hydrogen-bond acceptors (Lipinski definition) is 3. The van der Waals surface area contributed by atoms with Crippen LogP contribution in [0.3, 0.4) is 0 Å². The second-order valence-corrected chi connectivity index (χ2v) is 2.99. The lowest BCUT2D eigenvalue weighted by Gasteiger charge is -2.13. The van der Waals surface area contributed by atoms with E-state index in [2.05, 4.69) is 16.6 Å². The molecule has 0 aliphatic carbocycles. The highest BCUT2D eigenvalue weighted by Gasteiger charge is 2.31. The third-order valence-electron chi connectivity index (χ3n) is 1.50. The van der Waals surface area contributed by atoms with E-state index in [1.165, 1.54) is 6.08 Å². The number of halogens is 2. The van der Waals surface area contributed by atoms with E-state index in [9.17, 15) is 18.4 Å². The topological polar surface area (TPSA) is 75.6 Å². The van der Waals surface area contributed by atoms with Gasteiger partial charge >= 0.3 is 12.1 Å². The monoisotopic (exact) mass is 237 g/mol. The molecule has 0 saturated carbocycles. The summed E-state index contributed by atoms with van der Waals surface area (Å²) in [6, 6.07) is 0. The molecule has 16 heavy (non-hydrogen) atoms. The number of carbonyl (C=O) groups excluding carboxylic acids is 1. The molecule has 0 rings (SSSR count). The highest BCUT2D eigenvalue weighted by Crippen LogP contribution is 2.21. The highest BCUT2D eigenvalue weighted by molar-refractivity contribution is 5.68. The SMILES string of the molecule is C=CCOC(=O)NCCC(F)(F)CC(=O)O. The van der Waals surface area contributed by atoms with Gasteiger partial charge in [0.15, 0.2) is 0 Å². The smallest absolute Gasteiger partial charge is 0.407 e. The van der Waals surface area contributed by atoms with Crippen molar-refractivity contribution in [3.63, 3.8) is 0 Å². The van der Waals surface area contributed by atoms with E-state index >= 15 is 0 Å². The van der Waals surface area contributed by atoms with Crippen molar-refractivity contribution in [2.45, 2.75) is 18.8 Å². The summed E-state index contributed by atoms with van der Waals surface area (Å²) in [4.78, 5) is 20.8. The first-order valence-electron chi connectivity index (χ1n) is 4.48. The number of ether oxygens (including phenoxy) is 1. The van der Waals surface area contributed by atoms with Gasteiger partial charge in [-0.05, 0) is 0 Å². The third kappa shape index (κ3) is 7.72.